The molecule has 0 radical (unpaired) electrons. The van der Waals surface area contributed by atoms with Gasteiger partial charge in [0.15, 0.2) is 16.7 Å². The van der Waals surface area contributed by atoms with Crippen LogP contribution in [-0.4, -0.2) is 22.5 Å². The van der Waals surface area contributed by atoms with Gasteiger partial charge < -0.3 is 5.32 Å². The summed E-state index contributed by atoms with van der Waals surface area (Å²) in [4.78, 5) is 13.5. The van der Waals surface area contributed by atoms with Crippen LogP contribution < -0.4 is 5.32 Å². The molecule has 0 unspecified atom stereocenters. The molecule has 0 atom stereocenters. The van der Waals surface area contributed by atoms with Crippen molar-refractivity contribution in [3.63, 3.8) is 0 Å². The normalized spacial score (nSPS) is 16.9. The van der Waals surface area contributed by atoms with Crippen molar-refractivity contribution in [1.82, 2.24) is 10.2 Å². The Bertz CT molecular complexity index is 587. The predicted molar refractivity (Wildman–Crippen MR) is 76.7 cm³/mol. The minimum Gasteiger partial charge on any atom is -0.328 e. The van der Waals surface area contributed by atoms with E-state index in [1.807, 2.05) is 6.92 Å². The topological polar surface area (TPSA) is 32.3 Å². The van der Waals surface area contributed by atoms with Crippen molar-refractivity contribution in [2.45, 2.75) is 19.8 Å². The molecule has 3 nitrogen and oxygen atoms in total. The highest BCUT2D eigenvalue weighted by Gasteiger charge is 2.30. The van der Waals surface area contributed by atoms with Crippen molar-refractivity contribution in [3.05, 3.63) is 41.1 Å². The standard InChI is InChI=1S/C14H14F2N2OS/c1-2-3-7-18-13(19)11(17-14(18)20)8-9-5-4-6-10(15)12(9)16/h4-6,8H,2-3,7H2,1H3,(H,17,20)/b11-8-. The number of thiocarbonyl (C=S) groups is 1. The average molecular weight is 296 g/mol. The van der Waals surface area contributed by atoms with Crippen molar-refractivity contribution >= 4 is 29.3 Å². The second-order valence-corrected chi connectivity index (χ2v) is 4.83. The van der Waals surface area contributed by atoms with Gasteiger partial charge in [-0.15, -0.1) is 0 Å². The van der Waals surface area contributed by atoms with Crippen molar-refractivity contribution in [2.75, 3.05) is 6.54 Å². The van der Waals surface area contributed by atoms with Gasteiger partial charge in [0, 0.05) is 12.1 Å². The molecule has 20 heavy (non-hydrogen) atoms. The number of halogens is 2. The number of rotatable bonds is 4. The summed E-state index contributed by atoms with van der Waals surface area (Å²) in [5.41, 5.74) is 0.177. The molecule has 1 aliphatic heterocycles. The third kappa shape index (κ3) is 2.85. The molecule has 1 saturated heterocycles. The SMILES string of the molecule is CCCCN1C(=O)/C(=C/c2cccc(F)c2F)NC1=S. The van der Waals surface area contributed by atoms with Gasteiger partial charge >= 0.3 is 0 Å². The van der Waals surface area contributed by atoms with E-state index in [4.69, 9.17) is 12.2 Å². The lowest BCUT2D eigenvalue weighted by Crippen LogP contribution is -2.31. The molecule has 0 saturated carbocycles. The van der Waals surface area contributed by atoms with Crippen LogP contribution in [0.1, 0.15) is 25.3 Å². The fraction of sp³-hybridized carbons (Fsp3) is 0.286. The number of unbranched alkanes of at least 4 members (excludes halogenated alkanes) is 1. The van der Waals surface area contributed by atoms with E-state index >= 15 is 0 Å². The van der Waals surface area contributed by atoms with Crippen LogP contribution in [0, 0.1) is 11.6 Å². The van der Waals surface area contributed by atoms with Gasteiger partial charge in [0.2, 0.25) is 0 Å². The van der Waals surface area contributed by atoms with Gasteiger partial charge in [-0.25, -0.2) is 8.78 Å². The van der Waals surface area contributed by atoms with Crippen molar-refractivity contribution in [1.29, 1.82) is 0 Å². The molecule has 1 aromatic carbocycles. The Kier molecular flexibility index (Phi) is 4.44. The lowest BCUT2D eigenvalue weighted by atomic mass is 10.1. The first kappa shape index (κ1) is 14.6. The molecule has 1 fully saturated rings. The van der Waals surface area contributed by atoms with Gasteiger partial charge in [0.05, 0.1) is 0 Å². The number of nitrogens with one attached hydrogen (secondary N) is 1. The van der Waals surface area contributed by atoms with Gasteiger partial charge in [-0.2, -0.15) is 0 Å². The third-order valence-electron chi connectivity index (χ3n) is 2.98. The Morgan fingerprint density at radius 1 is 1.40 bits per heavy atom. The quantitative estimate of drug-likeness (QED) is 0.685. The zero-order chi connectivity index (χ0) is 14.7. The Balaban J connectivity index is 2.26. The highest BCUT2D eigenvalue weighted by molar-refractivity contribution is 7.80. The number of carbonyl (C=O) groups is 1. The van der Waals surface area contributed by atoms with E-state index in [1.165, 1.54) is 23.1 Å². The van der Waals surface area contributed by atoms with E-state index in [1.54, 1.807) is 0 Å². The fourth-order valence-corrected chi connectivity index (χ4v) is 2.16. The van der Waals surface area contributed by atoms with E-state index < -0.39 is 11.6 Å². The number of nitrogens with zero attached hydrogens (tertiary/aromatic N) is 1. The third-order valence-corrected chi connectivity index (χ3v) is 3.30. The summed E-state index contributed by atoms with van der Waals surface area (Å²) < 4.78 is 26.7. The monoisotopic (exact) mass is 296 g/mol. The van der Waals surface area contributed by atoms with Crippen LogP contribution in [0.4, 0.5) is 8.78 Å². The lowest BCUT2D eigenvalue weighted by molar-refractivity contribution is -0.122. The fourth-order valence-electron chi connectivity index (χ4n) is 1.88. The minimum atomic E-state index is -0.979. The van der Waals surface area contributed by atoms with Gasteiger partial charge in [0.1, 0.15) is 5.70 Å². The van der Waals surface area contributed by atoms with Crippen LogP contribution in [-0.2, 0) is 4.79 Å². The van der Waals surface area contributed by atoms with Crippen LogP contribution >= 0.6 is 12.2 Å². The summed E-state index contributed by atoms with van der Waals surface area (Å²) in [6, 6.07) is 3.81. The molecule has 1 aliphatic rings. The molecular formula is C14H14F2N2OS. The highest BCUT2D eigenvalue weighted by Crippen LogP contribution is 2.18. The molecule has 1 amide bonds. The van der Waals surface area contributed by atoms with Crippen LogP contribution in [0.3, 0.4) is 0 Å². The Morgan fingerprint density at radius 3 is 2.85 bits per heavy atom. The maximum absolute atomic E-state index is 13.6. The van der Waals surface area contributed by atoms with Gasteiger partial charge in [-0.05, 0) is 30.8 Å². The smallest absolute Gasteiger partial charge is 0.276 e. The zero-order valence-corrected chi connectivity index (χ0v) is 11.8. The lowest BCUT2D eigenvalue weighted by Gasteiger charge is -2.12. The molecule has 0 aliphatic carbocycles. The van der Waals surface area contributed by atoms with Gasteiger partial charge in [-0.3, -0.25) is 9.69 Å². The highest BCUT2D eigenvalue weighted by atomic mass is 32.1. The molecule has 6 heteroatoms. The molecular weight excluding hydrogens is 282 g/mol. The van der Waals surface area contributed by atoms with Crippen molar-refractivity contribution in [3.8, 4) is 0 Å². The number of carbonyl (C=O) groups excluding carboxylic acids is 1. The van der Waals surface area contributed by atoms with Crippen LogP contribution in [0.5, 0.6) is 0 Å². The molecule has 106 valence electrons. The molecule has 0 spiro atoms. The number of amides is 1. The van der Waals surface area contributed by atoms with Crippen molar-refractivity contribution < 1.29 is 13.6 Å². The molecule has 1 N–H and O–H groups in total. The zero-order valence-electron chi connectivity index (χ0n) is 11.0. The number of benzene rings is 1. The molecule has 1 heterocycles. The summed E-state index contributed by atoms with van der Waals surface area (Å²) in [7, 11) is 0. The first-order valence-corrected chi connectivity index (χ1v) is 6.74. The summed E-state index contributed by atoms with van der Waals surface area (Å²) in [5, 5.41) is 3.04. The first-order valence-electron chi connectivity index (χ1n) is 6.33. The molecule has 2 rings (SSSR count). The molecule has 1 aromatic rings. The predicted octanol–water partition coefficient (Wildman–Crippen LogP) is 2.82. The van der Waals surface area contributed by atoms with E-state index in [2.05, 4.69) is 5.32 Å². The van der Waals surface area contributed by atoms with Gasteiger partial charge in [0.25, 0.3) is 5.91 Å². The van der Waals surface area contributed by atoms with Gasteiger partial charge in [-0.1, -0.05) is 25.5 Å². The van der Waals surface area contributed by atoms with Crippen LogP contribution in [0.15, 0.2) is 23.9 Å². The maximum Gasteiger partial charge on any atom is 0.276 e. The number of hydrogen-bond acceptors (Lipinski definition) is 2. The van der Waals surface area contributed by atoms with E-state index in [9.17, 15) is 13.6 Å². The van der Waals surface area contributed by atoms with Crippen LogP contribution in [0.25, 0.3) is 6.08 Å². The summed E-state index contributed by atoms with van der Waals surface area (Å²) in [6.07, 6.45) is 3.04. The Hall–Kier alpha value is -1.82. The van der Waals surface area contributed by atoms with Crippen molar-refractivity contribution in [2.24, 2.45) is 0 Å². The molecule has 0 aromatic heterocycles. The molecule has 0 bridgehead atoms. The van der Waals surface area contributed by atoms with Crippen LogP contribution in [0.2, 0.25) is 0 Å². The summed E-state index contributed by atoms with van der Waals surface area (Å²) in [5.74, 6) is -2.24. The second-order valence-electron chi connectivity index (χ2n) is 4.44. The summed E-state index contributed by atoms with van der Waals surface area (Å²) >= 11 is 5.07. The van der Waals surface area contributed by atoms with E-state index in [0.29, 0.717) is 11.7 Å². The second kappa shape index (κ2) is 6.09. The van der Waals surface area contributed by atoms with E-state index in [-0.39, 0.29) is 17.2 Å². The first-order chi connectivity index (χ1) is 9.54. The average Bonchev–Trinajstić information content (AvgIpc) is 2.68. The Labute approximate surface area is 121 Å². The maximum atomic E-state index is 13.6. The minimum absolute atomic E-state index is 0.0148. The van der Waals surface area contributed by atoms with E-state index in [0.717, 1.165) is 18.9 Å². The Morgan fingerprint density at radius 2 is 2.15 bits per heavy atom. The number of hydrogen-bond donors (Lipinski definition) is 1. The summed E-state index contributed by atoms with van der Waals surface area (Å²) in [6.45, 7) is 2.53. The largest absolute Gasteiger partial charge is 0.328 e.